The van der Waals surface area contributed by atoms with Crippen molar-refractivity contribution in [3.63, 3.8) is 0 Å². The minimum atomic E-state index is 0.00449. The van der Waals surface area contributed by atoms with E-state index in [1.807, 2.05) is 0 Å². The molecule has 88 valence electrons. The molecule has 0 spiro atoms. The molecule has 0 aliphatic rings. The van der Waals surface area contributed by atoms with Crippen LogP contribution in [0.2, 0.25) is 0 Å². The zero-order valence-electron chi connectivity index (χ0n) is 9.74. The molecule has 17 heavy (non-hydrogen) atoms. The van der Waals surface area contributed by atoms with Gasteiger partial charge in [-0.05, 0) is 13.0 Å². The van der Waals surface area contributed by atoms with Crippen LogP contribution in [0, 0.1) is 0 Å². The SMILES string of the molecule is CCCNC(c1cncnc1)c1cnccn1. The lowest BCUT2D eigenvalue weighted by molar-refractivity contribution is 0.581. The Balaban J connectivity index is 2.26. The minimum absolute atomic E-state index is 0.00449. The first-order valence-corrected chi connectivity index (χ1v) is 5.66. The fourth-order valence-electron chi connectivity index (χ4n) is 1.60. The van der Waals surface area contributed by atoms with Crippen LogP contribution < -0.4 is 5.32 Å². The molecule has 1 atom stereocenters. The van der Waals surface area contributed by atoms with Crippen molar-refractivity contribution in [2.75, 3.05) is 6.54 Å². The summed E-state index contributed by atoms with van der Waals surface area (Å²) in [7, 11) is 0. The molecule has 0 saturated carbocycles. The van der Waals surface area contributed by atoms with E-state index < -0.39 is 0 Å². The highest BCUT2D eigenvalue weighted by Crippen LogP contribution is 2.17. The van der Waals surface area contributed by atoms with Crippen molar-refractivity contribution in [2.45, 2.75) is 19.4 Å². The first kappa shape index (κ1) is 11.6. The minimum Gasteiger partial charge on any atom is -0.305 e. The van der Waals surface area contributed by atoms with Gasteiger partial charge in [0.2, 0.25) is 0 Å². The molecule has 0 saturated heterocycles. The van der Waals surface area contributed by atoms with Gasteiger partial charge in [0, 0.05) is 30.4 Å². The zero-order chi connectivity index (χ0) is 11.9. The van der Waals surface area contributed by atoms with Crippen molar-refractivity contribution >= 4 is 0 Å². The molecule has 0 radical (unpaired) electrons. The Morgan fingerprint density at radius 1 is 1.12 bits per heavy atom. The van der Waals surface area contributed by atoms with Crippen LogP contribution in [-0.4, -0.2) is 26.5 Å². The van der Waals surface area contributed by atoms with Gasteiger partial charge in [0.25, 0.3) is 0 Å². The number of aromatic nitrogens is 4. The molecular weight excluding hydrogens is 214 g/mol. The average Bonchev–Trinajstić information content (AvgIpc) is 2.42. The maximum absolute atomic E-state index is 4.33. The Kier molecular flexibility index (Phi) is 4.10. The molecule has 2 aromatic heterocycles. The summed E-state index contributed by atoms with van der Waals surface area (Å²) in [6, 6.07) is 0.00449. The molecule has 5 heteroatoms. The van der Waals surface area contributed by atoms with Gasteiger partial charge in [-0.1, -0.05) is 6.92 Å². The number of rotatable bonds is 5. The second kappa shape index (κ2) is 6.00. The van der Waals surface area contributed by atoms with Gasteiger partial charge < -0.3 is 5.32 Å². The predicted molar refractivity (Wildman–Crippen MR) is 64.2 cm³/mol. The van der Waals surface area contributed by atoms with Crippen LogP contribution in [0.1, 0.15) is 30.6 Å². The largest absolute Gasteiger partial charge is 0.305 e. The van der Waals surface area contributed by atoms with E-state index in [-0.39, 0.29) is 6.04 Å². The van der Waals surface area contributed by atoms with Crippen LogP contribution in [0.3, 0.4) is 0 Å². The Bertz CT molecular complexity index is 392. The molecule has 1 N–H and O–H groups in total. The quantitative estimate of drug-likeness (QED) is 0.838. The first-order chi connectivity index (χ1) is 8.42. The summed E-state index contributed by atoms with van der Waals surface area (Å²) in [5, 5.41) is 3.42. The normalized spacial score (nSPS) is 12.3. The summed E-state index contributed by atoms with van der Waals surface area (Å²) in [5.74, 6) is 0. The molecular formula is C12H15N5. The van der Waals surface area contributed by atoms with Crippen molar-refractivity contribution in [2.24, 2.45) is 0 Å². The molecule has 2 heterocycles. The van der Waals surface area contributed by atoms with Crippen molar-refractivity contribution in [3.8, 4) is 0 Å². The first-order valence-electron chi connectivity index (χ1n) is 5.66. The van der Waals surface area contributed by atoms with E-state index in [4.69, 9.17) is 0 Å². The van der Waals surface area contributed by atoms with Crippen molar-refractivity contribution < 1.29 is 0 Å². The maximum Gasteiger partial charge on any atom is 0.115 e. The number of nitrogens with one attached hydrogen (secondary N) is 1. The second-order valence-corrected chi connectivity index (χ2v) is 3.69. The monoisotopic (exact) mass is 229 g/mol. The highest BCUT2D eigenvalue weighted by Gasteiger charge is 2.14. The van der Waals surface area contributed by atoms with E-state index in [2.05, 4.69) is 32.2 Å². The third-order valence-electron chi connectivity index (χ3n) is 2.39. The molecule has 0 aliphatic heterocycles. The predicted octanol–water partition coefficient (Wildman–Crippen LogP) is 1.36. The molecule has 2 rings (SSSR count). The van der Waals surface area contributed by atoms with E-state index in [1.54, 1.807) is 31.0 Å². The van der Waals surface area contributed by atoms with Gasteiger partial charge in [-0.3, -0.25) is 9.97 Å². The van der Waals surface area contributed by atoms with Crippen molar-refractivity contribution in [3.05, 3.63) is 48.6 Å². The smallest absolute Gasteiger partial charge is 0.115 e. The van der Waals surface area contributed by atoms with Crippen LogP contribution in [-0.2, 0) is 0 Å². The molecule has 0 amide bonds. The van der Waals surface area contributed by atoms with Crippen molar-refractivity contribution in [1.82, 2.24) is 25.3 Å². The lowest BCUT2D eigenvalue weighted by Crippen LogP contribution is -2.24. The van der Waals surface area contributed by atoms with E-state index in [0.29, 0.717) is 0 Å². The summed E-state index contributed by atoms with van der Waals surface area (Å²) in [4.78, 5) is 16.5. The molecule has 0 bridgehead atoms. The van der Waals surface area contributed by atoms with Gasteiger partial charge >= 0.3 is 0 Å². The van der Waals surface area contributed by atoms with Crippen LogP contribution in [0.25, 0.3) is 0 Å². The molecule has 2 aromatic rings. The van der Waals surface area contributed by atoms with Gasteiger partial charge in [0.05, 0.1) is 17.9 Å². The highest BCUT2D eigenvalue weighted by molar-refractivity contribution is 5.21. The Hall–Kier alpha value is -1.88. The maximum atomic E-state index is 4.33. The van der Waals surface area contributed by atoms with E-state index in [1.165, 1.54) is 6.33 Å². The molecule has 1 unspecified atom stereocenters. The van der Waals surface area contributed by atoms with Crippen LogP contribution in [0.15, 0.2) is 37.3 Å². The molecule has 5 nitrogen and oxygen atoms in total. The van der Waals surface area contributed by atoms with Gasteiger partial charge in [0.1, 0.15) is 6.33 Å². The number of hydrogen-bond donors (Lipinski definition) is 1. The van der Waals surface area contributed by atoms with Crippen LogP contribution in [0.5, 0.6) is 0 Å². The standard InChI is InChI=1S/C12H15N5/c1-2-3-17-12(10-6-14-9-15-7-10)11-8-13-4-5-16-11/h4-9,12,17H,2-3H2,1H3. The third kappa shape index (κ3) is 3.04. The van der Waals surface area contributed by atoms with Crippen LogP contribution >= 0.6 is 0 Å². The topological polar surface area (TPSA) is 63.6 Å². The van der Waals surface area contributed by atoms with Crippen molar-refractivity contribution in [1.29, 1.82) is 0 Å². The summed E-state index contributed by atoms with van der Waals surface area (Å²) < 4.78 is 0. The van der Waals surface area contributed by atoms with Gasteiger partial charge in [-0.2, -0.15) is 0 Å². The molecule has 0 aliphatic carbocycles. The zero-order valence-corrected chi connectivity index (χ0v) is 9.74. The average molecular weight is 229 g/mol. The summed E-state index contributed by atoms with van der Waals surface area (Å²) in [5.41, 5.74) is 1.89. The fraction of sp³-hybridized carbons (Fsp3) is 0.333. The number of nitrogens with zero attached hydrogens (tertiary/aromatic N) is 4. The lowest BCUT2D eigenvalue weighted by atomic mass is 10.1. The van der Waals surface area contributed by atoms with Gasteiger partial charge in [-0.15, -0.1) is 0 Å². The van der Waals surface area contributed by atoms with E-state index in [0.717, 1.165) is 24.2 Å². The van der Waals surface area contributed by atoms with Crippen LogP contribution in [0.4, 0.5) is 0 Å². The highest BCUT2D eigenvalue weighted by atomic mass is 15.0. The molecule has 0 aromatic carbocycles. The molecule has 0 fully saturated rings. The third-order valence-corrected chi connectivity index (χ3v) is 2.39. The van der Waals surface area contributed by atoms with Gasteiger partial charge in [0.15, 0.2) is 0 Å². The summed E-state index contributed by atoms with van der Waals surface area (Å²) in [6.07, 6.45) is 11.3. The van der Waals surface area contributed by atoms with E-state index in [9.17, 15) is 0 Å². The Morgan fingerprint density at radius 3 is 2.59 bits per heavy atom. The van der Waals surface area contributed by atoms with E-state index >= 15 is 0 Å². The fourth-order valence-corrected chi connectivity index (χ4v) is 1.60. The Morgan fingerprint density at radius 2 is 1.94 bits per heavy atom. The van der Waals surface area contributed by atoms with Gasteiger partial charge in [-0.25, -0.2) is 9.97 Å². The Labute approximate surface area is 100 Å². The number of hydrogen-bond acceptors (Lipinski definition) is 5. The second-order valence-electron chi connectivity index (χ2n) is 3.69. The summed E-state index contributed by atoms with van der Waals surface area (Å²) >= 11 is 0. The lowest BCUT2D eigenvalue weighted by Gasteiger charge is -2.17. The summed E-state index contributed by atoms with van der Waals surface area (Å²) in [6.45, 7) is 3.04.